The number of aromatic nitrogens is 2. The predicted molar refractivity (Wildman–Crippen MR) is 88.6 cm³/mol. The molecule has 6 nitrogen and oxygen atoms in total. The average molecular weight is 314 g/mol. The van der Waals surface area contributed by atoms with Crippen LogP contribution in [0.4, 0.5) is 5.69 Å². The summed E-state index contributed by atoms with van der Waals surface area (Å²) in [7, 11) is 1.67. The first-order chi connectivity index (χ1) is 11.3. The summed E-state index contributed by atoms with van der Waals surface area (Å²) in [6.45, 7) is 3.97. The number of hydrogen-bond acceptors (Lipinski definition) is 4. The number of carbonyl (C=O) groups excluding carboxylic acids is 1. The Labute approximate surface area is 136 Å². The van der Waals surface area contributed by atoms with E-state index in [1.165, 1.54) is 5.69 Å². The molecular formula is C17H22N4O2. The Morgan fingerprint density at radius 1 is 1.17 bits per heavy atom. The molecule has 0 saturated carbocycles. The molecular weight excluding hydrogens is 292 g/mol. The van der Waals surface area contributed by atoms with E-state index in [2.05, 4.69) is 22.0 Å². The molecule has 0 bridgehead atoms. The van der Waals surface area contributed by atoms with E-state index in [1.807, 2.05) is 27.8 Å². The van der Waals surface area contributed by atoms with Crippen LogP contribution in [0.1, 0.15) is 6.42 Å². The molecule has 3 rings (SSSR count). The van der Waals surface area contributed by atoms with Crippen LogP contribution in [-0.4, -0.2) is 53.6 Å². The van der Waals surface area contributed by atoms with Crippen LogP contribution in [0.3, 0.4) is 0 Å². The maximum Gasteiger partial charge on any atom is 0.224 e. The van der Waals surface area contributed by atoms with Crippen LogP contribution in [0.5, 0.6) is 5.75 Å². The molecule has 0 radical (unpaired) electrons. The van der Waals surface area contributed by atoms with E-state index in [-0.39, 0.29) is 5.91 Å². The third kappa shape index (κ3) is 3.83. The Morgan fingerprint density at radius 2 is 1.91 bits per heavy atom. The average Bonchev–Trinajstić information content (AvgIpc) is 3.13. The van der Waals surface area contributed by atoms with Crippen LogP contribution in [0.25, 0.3) is 0 Å². The number of piperazine rings is 1. The van der Waals surface area contributed by atoms with Crippen LogP contribution >= 0.6 is 0 Å². The van der Waals surface area contributed by atoms with Crippen molar-refractivity contribution in [3.8, 4) is 5.75 Å². The van der Waals surface area contributed by atoms with Crippen molar-refractivity contribution < 1.29 is 9.53 Å². The second kappa shape index (κ2) is 7.17. The van der Waals surface area contributed by atoms with E-state index >= 15 is 0 Å². The van der Waals surface area contributed by atoms with Crippen molar-refractivity contribution in [3.63, 3.8) is 0 Å². The van der Waals surface area contributed by atoms with Crippen molar-refractivity contribution >= 4 is 11.6 Å². The number of nitrogens with zero attached hydrogens (tertiary/aromatic N) is 4. The van der Waals surface area contributed by atoms with Crippen molar-refractivity contribution in [1.29, 1.82) is 0 Å². The normalized spacial score (nSPS) is 14.8. The molecule has 122 valence electrons. The van der Waals surface area contributed by atoms with Gasteiger partial charge in [0.2, 0.25) is 5.91 Å². The molecule has 0 atom stereocenters. The van der Waals surface area contributed by atoms with Gasteiger partial charge in [-0.25, -0.2) is 4.98 Å². The van der Waals surface area contributed by atoms with Crippen LogP contribution in [0.2, 0.25) is 0 Å². The van der Waals surface area contributed by atoms with E-state index in [9.17, 15) is 4.79 Å². The maximum atomic E-state index is 12.3. The predicted octanol–water partition coefficient (Wildman–Crippen LogP) is 1.63. The summed E-state index contributed by atoms with van der Waals surface area (Å²) >= 11 is 0. The van der Waals surface area contributed by atoms with Gasteiger partial charge in [-0.15, -0.1) is 0 Å². The zero-order chi connectivity index (χ0) is 16.1. The largest absolute Gasteiger partial charge is 0.497 e. The SMILES string of the molecule is COc1ccc(N2CCN(C(=O)CCn3ccnc3)CC2)cc1. The summed E-state index contributed by atoms with van der Waals surface area (Å²) in [5.41, 5.74) is 1.18. The number of anilines is 1. The summed E-state index contributed by atoms with van der Waals surface area (Å²) in [5.74, 6) is 1.08. The minimum Gasteiger partial charge on any atom is -0.497 e. The van der Waals surface area contributed by atoms with Gasteiger partial charge in [0.05, 0.1) is 13.4 Å². The molecule has 23 heavy (non-hydrogen) atoms. The monoisotopic (exact) mass is 314 g/mol. The minimum atomic E-state index is 0.216. The van der Waals surface area contributed by atoms with E-state index in [1.54, 1.807) is 19.6 Å². The molecule has 1 saturated heterocycles. The number of ether oxygens (including phenoxy) is 1. The van der Waals surface area contributed by atoms with Crippen LogP contribution in [0.15, 0.2) is 43.0 Å². The number of carbonyl (C=O) groups is 1. The van der Waals surface area contributed by atoms with E-state index in [0.717, 1.165) is 31.9 Å². The maximum absolute atomic E-state index is 12.3. The number of benzene rings is 1. The van der Waals surface area contributed by atoms with Crippen molar-refractivity contribution in [2.75, 3.05) is 38.2 Å². The van der Waals surface area contributed by atoms with Gasteiger partial charge in [-0.05, 0) is 24.3 Å². The molecule has 0 unspecified atom stereocenters. The number of methoxy groups -OCH3 is 1. The van der Waals surface area contributed by atoms with E-state index in [0.29, 0.717) is 13.0 Å². The smallest absolute Gasteiger partial charge is 0.224 e. The van der Waals surface area contributed by atoms with Gasteiger partial charge in [0, 0.05) is 57.2 Å². The first kappa shape index (κ1) is 15.4. The van der Waals surface area contributed by atoms with Crippen LogP contribution < -0.4 is 9.64 Å². The lowest BCUT2D eigenvalue weighted by molar-refractivity contribution is -0.131. The van der Waals surface area contributed by atoms with Crippen LogP contribution in [-0.2, 0) is 11.3 Å². The summed E-state index contributed by atoms with van der Waals surface area (Å²) in [6.07, 6.45) is 5.89. The number of aryl methyl sites for hydroxylation is 1. The van der Waals surface area contributed by atoms with Crippen LogP contribution in [0, 0.1) is 0 Å². The Balaban J connectivity index is 1.48. The lowest BCUT2D eigenvalue weighted by Crippen LogP contribution is -2.48. The topological polar surface area (TPSA) is 50.6 Å². The highest BCUT2D eigenvalue weighted by Gasteiger charge is 2.21. The van der Waals surface area contributed by atoms with Gasteiger partial charge in [-0.1, -0.05) is 0 Å². The first-order valence-electron chi connectivity index (χ1n) is 7.89. The van der Waals surface area contributed by atoms with Gasteiger partial charge in [0.15, 0.2) is 0 Å². The number of rotatable bonds is 5. The molecule has 1 aromatic carbocycles. The molecule has 2 heterocycles. The fraction of sp³-hybridized carbons (Fsp3) is 0.412. The molecule has 0 N–H and O–H groups in total. The second-order valence-electron chi connectivity index (χ2n) is 5.62. The highest BCUT2D eigenvalue weighted by atomic mass is 16.5. The lowest BCUT2D eigenvalue weighted by atomic mass is 10.2. The standard InChI is InChI=1S/C17H22N4O2/c1-23-16-4-2-15(3-5-16)20-10-12-21(13-11-20)17(22)6-8-19-9-7-18-14-19/h2-5,7,9,14H,6,8,10-13H2,1H3. The van der Waals surface area contributed by atoms with E-state index in [4.69, 9.17) is 4.74 Å². The zero-order valence-corrected chi connectivity index (χ0v) is 13.4. The fourth-order valence-corrected chi connectivity index (χ4v) is 2.81. The molecule has 6 heteroatoms. The Kier molecular flexibility index (Phi) is 4.80. The second-order valence-corrected chi connectivity index (χ2v) is 5.62. The quantitative estimate of drug-likeness (QED) is 0.842. The highest BCUT2D eigenvalue weighted by Crippen LogP contribution is 2.20. The number of amides is 1. The molecule has 1 aliphatic rings. The van der Waals surface area contributed by atoms with Crippen molar-refractivity contribution in [2.24, 2.45) is 0 Å². The molecule has 0 spiro atoms. The Morgan fingerprint density at radius 3 is 2.52 bits per heavy atom. The van der Waals surface area contributed by atoms with E-state index < -0.39 is 0 Å². The molecule has 1 amide bonds. The molecule has 1 fully saturated rings. The van der Waals surface area contributed by atoms with Crippen molar-refractivity contribution in [2.45, 2.75) is 13.0 Å². The molecule has 1 aromatic heterocycles. The molecule has 1 aliphatic heterocycles. The summed E-state index contributed by atoms with van der Waals surface area (Å²) in [4.78, 5) is 20.5. The molecule has 0 aliphatic carbocycles. The third-order valence-corrected chi connectivity index (χ3v) is 4.21. The Hall–Kier alpha value is -2.50. The van der Waals surface area contributed by atoms with Gasteiger partial charge in [-0.2, -0.15) is 0 Å². The van der Waals surface area contributed by atoms with Gasteiger partial charge < -0.3 is 19.1 Å². The lowest BCUT2D eigenvalue weighted by Gasteiger charge is -2.36. The number of hydrogen-bond donors (Lipinski definition) is 0. The van der Waals surface area contributed by atoms with Crippen molar-refractivity contribution in [3.05, 3.63) is 43.0 Å². The minimum absolute atomic E-state index is 0.216. The fourth-order valence-electron chi connectivity index (χ4n) is 2.81. The van der Waals surface area contributed by atoms with Gasteiger partial charge in [0.1, 0.15) is 5.75 Å². The number of imidazole rings is 1. The zero-order valence-electron chi connectivity index (χ0n) is 13.4. The Bertz CT molecular complexity index is 617. The van der Waals surface area contributed by atoms with Crippen molar-refractivity contribution in [1.82, 2.24) is 14.5 Å². The first-order valence-corrected chi connectivity index (χ1v) is 7.89. The summed E-state index contributed by atoms with van der Waals surface area (Å²) in [6, 6.07) is 8.07. The third-order valence-electron chi connectivity index (χ3n) is 4.21. The highest BCUT2D eigenvalue weighted by molar-refractivity contribution is 5.76. The molecule has 2 aromatic rings. The van der Waals surface area contributed by atoms with Gasteiger partial charge in [0.25, 0.3) is 0 Å². The van der Waals surface area contributed by atoms with Gasteiger partial charge >= 0.3 is 0 Å². The van der Waals surface area contributed by atoms with Gasteiger partial charge in [-0.3, -0.25) is 4.79 Å². The summed E-state index contributed by atoms with van der Waals surface area (Å²) in [5, 5.41) is 0. The summed E-state index contributed by atoms with van der Waals surface area (Å²) < 4.78 is 7.12.